The van der Waals surface area contributed by atoms with E-state index in [2.05, 4.69) is 22.9 Å². The van der Waals surface area contributed by atoms with Crippen LogP contribution in [0.2, 0.25) is 0 Å². The van der Waals surface area contributed by atoms with Gasteiger partial charge in [0, 0.05) is 16.0 Å². The predicted octanol–water partition coefficient (Wildman–Crippen LogP) is 4.77. The number of aryl methyl sites for hydroxylation is 1. The van der Waals surface area contributed by atoms with Crippen LogP contribution in [-0.4, -0.2) is 5.78 Å². The number of carbonyl (C=O) groups is 1. The second-order valence-corrected chi connectivity index (χ2v) is 6.17. The maximum Gasteiger partial charge on any atom is 0.167 e. The van der Waals surface area contributed by atoms with Crippen LogP contribution >= 0.6 is 15.9 Å². The van der Waals surface area contributed by atoms with Crippen molar-refractivity contribution in [3.05, 3.63) is 33.8 Å². The molecule has 0 heterocycles. The van der Waals surface area contributed by atoms with Gasteiger partial charge >= 0.3 is 0 Å². The molecule has 1 aromatic carbocycles. The molecule has 0 saturated heterocycles. The Morgan fingerprint density at radius 3 is 2.76 bits per heavy atom. The predicted molar refractivity (Wildman–Crippen MR) is 74.3 cm³/mol. The van der Waals surface area contributed by atoms with Crippen molar-refractivity contribution in [2.45, 2.75) is 39.5 Å². The molecule has 1 fully saturated rings. The summed E-state index contributed by atoms with van der Waals surface area (Å²) in [5, 5.41) is 0. The summed E-state index contributed by atoms with van der Waals surface area (Å²) in [6.45, 7) is 4.30. The summed E-state index contributed by atoms with van der Waals surface area (Å²) in [5.41, 5.74) is 2.04. The van der Waals surface area contributed by atoms with Crippen molar-refractivity contribution >= 4 is 21.7 Å². The maximum atomic E-state index is 12.4. The maximum absolute atomic E-state index is 12.4. The molecular weight excluding hydrogens is 276 g/mol. The average Bonchev–Trinajstić information content (AvgIpc) is 2.28. The number of hydrogen-bond donors (Lipinski definition) is 0. The molecule has 17 heavy (non-hydrogen) atoms. The highest BCUT2D eigenvalue weighted by Gasteiger charge is 2.26. The minimum atomic E-state index is 0.234. The summed E-state index contributed by atoms with van der Waals surface area (Å²) in [6.07, 6.45) is 4.59. The monoisotopic (exact) mass is 294 g/mol. The first-order chi connectivity index (χ1) is 8.08. The Morgan fingerprint density at radius 2 is 2.12 bits per heavy atom. The van der Waals surface area contributed by atoms with Gasteiger partial charge in [0.15, 0.2) is 5.78 Å². The number of hydrogen-bond acceptors (Lipinski definition) is 1. The highest BCUT2D eigenvalue weighted by molar-refractivity contribution is 9.10. The minimum absolute atomic E-state index is 0.234. The van der Waals surface area contributed by atoms with Gasteiger partial charge in [-0.1, -0.05) is 41.8 Å². The molecule has 1 saturated carbocycles. The van der Waals surface area contributed by atoms with Gasteiger partial charge in [0.05, 0.1) is 0 Å². The van der Waals surface area contributed by atoms with Crippen molar-refractivity contribution in [1.82, 2.24) is 0 Å². The summed E-state index contributed by atoms with van der Waals surface area (Å²) in [5.74, 6) is 1.25. The largest absolute Gasteiger partial charge is 0.294 e. The Morgan fingerprint density at radius 1 is 1.35 bits per heavy atom. The molecule has 0 bridgehead atoms. The molecule has 2 atom stereocenters. The molecule has 2 unspecified atom stereocenters. The number of halogens is 1. The van der Waals surface area contributed by atoms with Crippen LogP contribution in [0.25, 0.3) is 0 Å². The number of Topliss-reactive ketones (excluding diaryl/α,β-unsaturated/α-hetero) is 1. The van der Waals surface area contributed by atoms with E-state index >= 15 is 0 Å². The van der Waals surface area contributed by atoms with Crippen molar-refractivity contribution in [2.24, 2.45) is 11.8 Å². The fourth-order valence-corrected chi connectivity index (χ4v) is 3.40. The lowest BCUT2D eigenvalue weighted by atomic mass is 9.79. The van der Waals surface area contributed by atoms with Crippen molar-refractivity contribution in [3.63, 3.8) is 0 Å². The molecule has 1 aromatic rings. The molecule has 0 radical (unpaired) electrons. The molecule has 2 rings (SSSR count). The van der Waals surface area contributed by atoms with E-state index < -0.39 is 0 Å². The van der Waals surface area contributed by atoms with Crippen LogP contribution in [0, 0.1) is 18.8 Å². The van der Waals surface area contributed by atoms with Crippen LogP contribution in [0.4, 0.5) is 0 Å². The fourth-order valence-electron chi connectivity index (χ4n) is 2.71. The third kappa shape index (κ3) is 2.98. The number of carbonyl (C=O) groups excluding carboxylic acids is 1. The van der Waals surface area contributed by atoms with Crippen molar-refractivity contribution in [1.29, 1.82) is 0 Å². The molecular formula is C15H19BrO. The third-order valence-corrected chi connectivity index (χ3v) is 4.35. The van der Waals surface area contributed by atoms with Gasteiger partial charge in [-0.2, -0.15) is 0 Å². The van der Waals surface area contributed by atoms with Gasteiger partial charge in [-0.25, -0.2) is 0 Å². The Hall–Kier alpha value is -0.630. The van der Waals surface area contributed by atoms with E-state index in [-0.39, 0.29) is 5.92 Å². The highest BCUT2D eigenvalue weighted by Crippen LogP contribution is 2.32. The standard InChI is InChI=1S/C15H19BrO/c1-10-4-3-5-12(8-10)15(17)13-7-6-11(2)9-14(13)16/h6-7,9-10,12H,3-5,8H2,1-2H3. The van der Waals surface area contributed by atoms with E-state index in [9.17, 15) is 4.79 Å². The topological polar surface area (TPSA) is 17.1 Å². The SMILES string of the molecule is Cc1ccc(C(=O)C2CCCC(C)C2)c(Br)c1. The minimum Gasteiger partial charge on any atom is -0.294 e. The number of rotatable bonds is 2. The van der Waals surface area contributed by atoms with E-state index in [4.69, 9.17) is 0 Å². The molecule has 1 aliphatic rings. The second kappa shape index (κ2) is 5.34. The average molecular weight is 295 g/mol. The molecule has 0 aliphatic heterocycles. The zero-order valence-electron chi connectivity index (χ0n) is 10.5. The lowest BCUT2D eigenvalue weighted by molar-refractivity contribution is 0.0867. The Balaban J connectivity index is 2.18. The zero-order chi connectivity index (χ0) is 12.4. The van der Waals surface area contributed by atoms with Crippen LogP contribution in [-0.2, 0) is 0 Å². The molecule has 0 aromatic heterocycles. The Kier molecular flexibility index (Phi) is 4.03. The van der Waals surface area contributed by atoms with E-state index in [1.54, 1.807) is 0 Å². The zero-order valence-corrected chi connectivity index (χ0v) is 12.1. The lowest BCUT2D eigenvalue weighted by Crippen LogP contribution is -2.22. The summed E-state index contributed by atoms with van der Waals surface area (Å²) < 4.78 is 0.945. The molecule has 0 amide bonds. The summed E-state index contributed by atoms with van der Waals surface area (Å²) in [4.78, 5) is 12.4. The van der Waals surface area contributed by atoms with E-state index in [0.717, 1.165) is 22.9 Å². The smallest absolute Gasteiger partial charge is 0.167 e. The van der Waals surface area contributed by atoms with Crippen molar-refractivity contribution in [2.75, 3.05) is 0 Å². The molecule has 2 heteroatoms. The molecule has 0 spiro atoms. The van der Waals surface area contributed by atoms with Gasteiger partial charge in [0.25, 0.3) is 0 Å². The molecule has 1 nitrogen and oxygen atoms in total. The summed E-state index contributed by atoms with van der Waals surface area (Å²) in [6, 6.07) is 6.00. The Bertz CT molecular complexity index is 425. The van der Waals surface area contributed by atoms with E-state index in [1.165, 1.54) is 18.4 Å². The van der Waals surface area contributed by atoms with Gasteiger partial charge in [-0.05, 0) is 43.4 Å². The number of benzene rings is 1. The second-order valence-electron chi connectivity index (χ2n) is 5.32. The molecule has 1 aliphatic carbocycles. The summed E-state index contributed by atoms with van der Waals surface area (Å²) >= 11 is 3.51. The van der Waals surface area contributed by atoms with Crippen LogP contribution in [0.15, 0.2) is 22.7 Å². The fraction of sp³-hybridized carbons (Fsp3) is 0.533. The summed E-state index contributed by atoms with van der Waals surface area (Å²) in [7, 11) is 0. The van der Waals surface area contributed by atoms with Crippen molar-refractivity contribution in [3.8, 4) is 0 Å². The van der Waals surface area contributed by atoms with Gasteiger partial charge in [0.1, 0.15) is 0 Å². The molecule has 0 N–H and O–H groups in total. The highest BCUT2D eigenvalue weighted by atomic mass is 79.9. The van der Waals surface area contributed by atoms with E-state index in [1.807, 2.05) is 25.1 Å². The normalized spacial score (nSPS) is 24.6. The van der Waals surface area contributed by atoms with E-state index in [0.29, 0.717) is 11.7 Å². The van der Waals surface area contributed by atoms with Crippen molar-refractivity contribution < 1.29 is 4.79 Å². The first kappa shape index (κ1) is 12.8. The van der Waals surface area contributed by atoms with Gasteiger partial charge < -0.3 is 0 Å². The first-order valence-corrected chi connectivity index (χ1v) is 7.17. The van der Waals surface area contributed by atoms with Gasteiger partial charge in [-0.15, -0.1) is 0 Å². The third-order valence-electron chi connectivity index (χ3n) is 3.70. The van der Waals surface area contributed by atoms with Crippen LogP contribution in [0.1, 0.15) is 48.5 Å². The lowest BCUT2D eigenvalue weighted by Gasteiger charge is -2.25. The molecule has 92 valence electrons. The van der Waals surface area contributed by atoms with Crippen LogP contribution < -0.4 is 0 Å². The van der Waals surface area contributed by atoms with Gasteiger partial charge in [-0.3, -0.25) is 4.79 Å². The first-order valence-electron chi connectivity index (χ1n) is 6.38. The van der Waals surface area contributed by atoms with Crippen LogP contribution in [0.3, 0.4) is 0 Å². The number of ketones is 1. The quantitative estimate of drug-likeness (QED) is 0.718. The van der Waals surface area contributed by atoms with Gasteiger partial charge in [0.2, 0.25) is 0 Å². The Labute approximate surface area is 112 Å². The van der Waals surface area contributed by atoms with Crippen LogP contribution in [0.5, 0.6) is 0 Å².